The largest absolute Gasteiger partial charge is 0.479 e. The number of hydrogen-bond donors (Lipinski definition) is 1. The Kier molecular flexibility index (Phi) is 25.3. The molecule has 1 atom stereocenters. The molecule has 200 valence electrons. The molecule has 4 heteroatoms. The SMILES string of the molecule is CCCCCCCC/C=C\CCCCCCCC(=O)OC(CCCCCCCCCC)C(=O)O. The number of hydrogen-bond acceptors (Lipinski definition) is 3. The summed E-state index contributed by atoms with van der Waals surface area (Å²) in [5.74, 6) is -1.37. The van der Waals surface area contributed by atoms with Crippen LogP contribution in [0.15, 0.2) is 12.2 Å². The minimum absolute atomic E-state index is 0.333. The Balaban J connectivity index is 3.59. The third-order valence-corrected chi connectivity index (χ3v) is 6.51. The second kappa shape index (κ2) is 26.3. The summed E-state index contributed by atoms with van der Waals surface area (Å²) in [7, 11) is 0. The first-order valence-corrected chi connectivity index (χ1v) is 14.7. The lowest BCUT2D eigenvalue weighted by Gasteiger charge is -2.13. The summed E-state index contributed by atoms with van der Waals surface area (Å²) in [5, 5.41) is 9.34. The smallest absolute Gasteiger partial charge is 0.345 e. The number of allylic oxidation sites excluding steroid dienone is 2. The number of rotatable bonds is 26. The molecule has 34 heavy (non-hydrogen) atoms. The maximum atomic E-state index is 12.0. The fraction of sp³-hybridized carbons (Fsp3) is 0.867. The Morgan fingerprint density at radius 1 is 0.618 bits per heavy atom. The molecular formula is C30H56O4. The van der Waals surface area contributed by atoms with Crippen LogP contribution in [0.4, 0.5) is 0 Å². The number of ether oxygens (including phenoxy) is 1. The average Bonchev–Trinajstić information content (AvgIpc) is 2.82. The van der Waals surface area contributed by atoms with Gasteiger partial charge in [-0.3, -0.25) is 4.79 Å². The van der Waals surface area contributed by atoms with Crippen LogP contribution in [0.5, 0.6) is 0 Å². The van der Waals surface area contributed by atoms with Gasteiger partial charge >= 0.3 is 11.9 Å². The highest BCUT2D eigenvalue weighted by Crippen LogP contribution is 2.14. The summed E-state index contributed by atoms with van der Waals surface area (Å²) in [6.45, 7) is 4.47. The van der Waals surface area contributed by atoms with Crippen molar-refractivity contribution in [3.8, 4) is 0 Å². The first-order valence-electron chi connectivity index (χ1n) is 14.7. The predicted molar refractivity (Wildman–Crippen MR) is 144 cm³/mol. The second-order valence-corrected chi connectivity index (χ2v) is 9.91. The van der Waals surface area contributed by atoms with Crippen LogP contribution in [0.2, 0.25) is 0 Å². The van der Waals surface area contributed by atoms with Crippen molar-refractivity contribution in [2.24, 2.45) is 0 Å². The molecule has 0 saturated carbocycles. The van der Waals surface area contributed by atoms with Crippen molar-refractivity contribution in [3.63, 3.8) is 0 Å². The van der Waals surface area contributed by atoms with Gasteiger partial charge in [0.15, 0.2) is 6.10 Å². The van der Waals surface area contributed by atoms with Gasteiger partial charge in [0, 0.05) is 6.42 Å². The van der Waals surface area contributed by atoms with Crippen molar-refractivity contribution in [1.29, 1.82) is 0 Å². The van der Waals surface area contributed by atoms with Crippen LogP contribution in [-0.4, -0.2) is 23.1 Å². The van der Waals surface area contributed by atoms with E-state index in [1.54, 1.807) is 0 Å². The van der Waals surface area contributed by atoms with Crippen LogP contribution in [0.25, 0.3) is 0 Å². The summed E-state index contributed by atoms with van der Waals surface area (Å²) in [6, 6.07) is 0. The minimum atomic E-state index is -1.01. The summed E-state index contributed by atoms with van der Waals surface area (Å²) >= 11 is 0. The second-order valence-electron chi connectivity index (χ2n) is 9.91. The molecule has 0 rings (SSSR count). The minimum Gasteiger partial charge on any atom is -0.479 e. The van der Waals surface area contributed by atoms with E-state index in [-0.39, 0.29) is 5.97 Å². The predicted octanol–water partition coefficient (Wildman–Crippen LogP) is 9.55. The Morgan fingerprint density at radius 2 is 1.03 bits per heavy atom. The van der Waals surface area contributed by atoms with E-state index >= 15 is 0 Å². The lowest BCUT2D eigenvalue weighted by atomic mass is 10.1. The summed E-state index contributed by atoms with van der Waals surface area (Å²) in [5.41, 5.74) is 0. The molecule has 0 fully saturated rings. The molecule has 0 aromatic rings. The molecule has 0 aliphatic rings. The molecule has 0 aliphatic carbocycles. The maximum Gasteiger partial charge on any atom is 0.345 e. The summed E-state index contributed by atoms with van der Waals surface area (Å²) < 4.78 is 5.24. The van der Waals surface area contributed by atoms with E-state index in [9.17, 15) is 14.7 Å². The number of carboxylic acid groups (broad SMARTS) is 1. The zero-order valence-electron chi connectivity index (χ0n) is 22.7. The molecule has 0 aromatic carbocycles. The molecule has 0 spiro atoms. The molecule has 0 bridgehead atoms. The highest BCUT2D eigenvalue weighted by Gasteiger charge is 2.21. The van der Waals surface area contributed by atoms with Gasteiger partial charge in [0.1, 0.15) is 0 Å². The Hall–Kier alpha value is -1.32. The van der Waals surface area contributed by atoms with Gasteiger partial charge in [0.05, 0.1) is 0 Å². The Bertz CT molecular complexity index is 486. The van der Waals surface area contributed by atoms with E-state index in [4.69, 9.17) is 4.74 Å². The lowest BCUT2D eigenvalue weighted by molar-refractivity contribution is -0.164. The van der Waals surface area contributed by atoms with Crippen LogP contribution >= 0.6 is 0 Å². The summed E-state index contributed by atoms with van der Waals surface area (Å²) in [6.07, 6.45) is 29.5. The third-order valence-electron chi connectivity index (χ3n) is 6.51. The fourth-order valence-electron chi connectivity index (χ4n) is 4.25. The number of unbranched alkanes of at least 4 members (excludes halogenated alkanes) is 18. The number of carbonyl (C=O) groups is 2. The number of carboxylic acids is 1. The van der Waals surface area contributed by atoms with E-state index < -0.39 is 12.1 Å². The van der Waals surface area contributed by atoms with Crippen molar-refractivity contribution < 1.29 is 19.4 Å². The summed E-state index contributed by atoms with van der Waals surface area (Å²) in [4.78, 5) is 23.4. The van der Waals surface area contributed by atoms with Crippen molar-refractivity contribution in [2.45, 2.75) is 168 Å². The first-order chi connectivity index (χ1) is 16.6. The van der Waals surface area contributed by atoms with Gasteiger partial charge < -0.3 is 9.84 Å². The van der Waals surface area contributed by atoms with Gasteiger partial charge in [-0.15, -0.1) is 0 Å². The normalized spacial score (nSPS) is 12.3. The van der Waals surface area contributed by atoms with Crippen LogP contribution in [0, 0.1) is 0 Å². The molecule has 1 N–H and O–H groups in total. The van der Waals surface area contributed by atoms with E-state index in [1.807, 2.05) is 0 Å². The van der Waals surface area contributed by atoms with Gasteiger partial charge in [0.25, 0.3) is 0 Å². The number of esters is 1. The van der Waals surface area contributed by atoms with Crippen LogP contribution < -0.4 is 0 Å². The van der Waals surface area contributed by atoms with Gasteiger partial charge in [-0.1, -0.05) is 122 Å². The van der Waals surface area contributed by atoms with Crippen LogP contribution in [-0.2, 0) is 14.3 Å². The Labute approximate surface area is 211 Å². The highest BCUT2D eigenvalue weighted by atomic mass is 16.6. The van der Waals surface area contributed by atoms with Crippen molar-refractivity contribution in [2.75, 3.05) is 0 Å². The molecule has 0 aromatic heterocycles. The highest BCUT2D eigenvalue weighted by molar-refractivity contribution is 5.77. The molecule has 0 saturated heterocycles. The Morgan fingerprint density at radius 3 is 1.50 bits per heavy atom. The molecule has 0 amide bonds. The van der Waals surface area contributed by atoms with Gasteiger partial charge in [-0.05, 0) is 44.9 Å². The van der Waals surface area contributed by atoms with Gasteiger partial charge in [0.2, 0.25) is 0 Å². The standard InChI is InChI=1S/C30H56O4/c1-3-5-7-9-11-13-14-15-16-17-18-19-21-23-25-27-29(31)34-28(30(32)33)26-24-22-20-12-10-8-6-4-2/h15-16,28H,3-14,17-27H2,1-2H3,(H,32,33)/b16-15-. The monoisotopic (exact) mass is 480 g/mol. The molecule has 0 aliphatic heterocycles. The van der Waals surface area contributed by atoms with E-state index in [0.29, 0.717) is 12.8 Å². The zero-order valence-corrected chi connectivity index (χ0v) is 22.7. The van der Waals surface area contributed by atoms with Crippen molar-refractivity contribution >= 4 is 11.9 Å². The third kappa shape index (κ3) is 23.8. The van der Waals surface area contributed by atoms with Crippen molar-refractivity contribution in [1.82, 2.24) is 0 Å². The number of aliphatic carboxylic acids is 1. The molecular weight excluding hydrogens is 424 g/mol. The lowest BCUT2D eigenvalue weighted by Crippen LogP contribution is -2.27. The fourth-order valence-corrected chi connectivity index (χ4v) is 4.25. The molecule has 0 radical (unpaired) electrons. The van der Waals surface area contributed by atoms with Crippen LogP contribution in [0.3, 0.4) is 0 Å². The van der Waals surface area contributed by atoms with E-state index in [1.165, 1.54) is 89.9 Å². The average molecular weight is 481 g/mol. The van der Waals surface area contributed by atoms with Crippen LogP contribution in [0.1, 0.15) is 162 Å². The number of carbonyl (C=O) groups excluding carboxylic acids is 1. The topological polar surface area (TPSA) is 63.6 Å². The zero-order chi connectivity index (χ0) is 25.1. The molecule has 1 unspecified atom stereocenters. The molecule has 4 nitrogen and oxygen atoms in total. The maximum absolute atomic E-state index is 12.0. The quantitative estimate of drug-likeness (QED) is 0.0760. The van der Waals surface area contributed by atoms with E-state index in [2.05, 4.69) is 26.0 Å². The first kappa shape index (κ1) is 32.7. The van der Waals surface area contributed by atoms with Gasteiger partial charge in [-0.25, -0.2) is 4.79 Å². The van der Waals surface area contributed by atoms with Gasteiger partial charge in [-0.2, -0.15) is 0 Å². The van der Waals surface area contributed by atoms with E-state index in [0.717, 1.165) is 44.9 Å². The molecule has 0 heterocycles. The van der Waals surface area contributed by atoms with Crippen molar-refractivity contribution in [3.05, 3.63) is 12.2 Å².